The third-order valence-electron chi connectivity index (χ3n) is 4.12. The largest absolute Gasteiger partial charge is 0.343 e. The van der Waals surface area contributed by atoms with Crippen LogP contribution in [-0.2, 0) is 9.59 Å². The van der Waals surface area contributed by atoms with Crippen LogP contribution in [-0.4, -0.2) is 29.9 Å². The van der Waals surface area contributed by atoms with Gasteiger partial charge in [0.2, 0.25) is 11.8 Å². The molecule has 1 saturated heterocycles. The van der Waals surface area contributed by atoms with Crippen molar-refractivity contribution in [1.82, 2.24) is 5.32 Å². The standard InChI is InChI=1S/C17H25N3O2.ClH/c1-11-10-13(19-15(21)14(18)17(2,3)4)16(22)20(11)12-8-6-5-7-9-12;/h5-9,11,13-14H,10,18H2,1-4H3,(H,19,21);1H/t11?,13?,14-;/m1./s1. The van der Waals surface area contributed by atoms with Crippen molar-refractivity contribution in [2.24, 2.45) is 11.1 Å². The summed E-state index contributed by atoms with van der Waals surface area (Å²) < 4.78 is 0. The van der Waals surface area contributed by atoms with Gasteiger partial charge in [0.1, 0.15) is 6.04 Å². The number of anilines is 1. The molecular weight excluding hydrogens is 314 g/mol. The maximum absolute atomic E-state index is 12.6. The van der Waals surface area contributed by atoms with Gasteiger partial charge in [0.05, 0.1) is 6.04 Å². The summed E-state index contributed by atoms with van der Waals surface area (Å²) in [4.78, 5) is 26.6. The summed E-state index contributed by atoms with van der Waals surface area (Å²) in [6.45, 7) is 7.71. The highest BCUT2D eigenvalue weighted by Crippen LogP contribution is 2.27. The Morgan fingerprint density at radius 1 is 1.30 bits per heavy atom. The molecule has 2 amide bonds. The second-order valence-corrected chi connectivity index (χ2v) is 7.03. The first-order chi connectivity index (χ1) is 10.2. The predicted molar refractivity (Wildman–Crippen MR) is 94.6 cm³/mol. The average Bonchev–Trinajstić information content (AvgIpc) is 2.72. The topological polar surface area (TPSA) is 75.4 Å². The molecule has 1 aliphatic heterocycles. The molecule has 0 aromatic heterocycles. The molecule has 6 heteroatoms. The first-order valence-electron chi connectivity index (χ1n) is 7.66. The fourth-order valence-corrected chi connectivity index (χ4v) is 2.68. The predicted octanol–water partition coefficient (Wildman–Crippen LogP) is 2.09. The Labute approximate surface area is 144 Å². The van der Waals surface area contributed by atoms with Crippen LogP contribution >= 0.6 is 12.4 Å². The smallest absolute Gasteiger partial charge is 0.249 e. The Morgan fingerprint density at radius 3 is 2.39 bits per heavy atom. The highest BCUT2D eigenvalue weighted by molar-refractivity contribution is 6.02. The average molecular weight is 340 g/mol. The maximum atomic E-state index is 12.6. The summed E-state index contributed by atoms with van der Waals surface area (Å²) in [6.07, 6.45) is 0.594. The van der Waals surface area contributed by atoms with Crippen LogP contribution in [0.5, 0.6) is 0 Å². The third-order valence-corrected chi connectivity index (χ3v) is 4.12. The molecule has 0 bridgehead atoms. The van der Waals surface area contributed by atoms with E-state index in [-0.39, 0.29) is 35.7 Å². The summed E-state index contributed by atoms with van der Waals surface area (Å²) >= 11 is 0. The van der Waals surface area contributed by atoms with Crippen LogP contribution in [0.3, 0.4) is 0 Å². The molecule has 2 rings (SSSR count). The van der Waals surface area contributed by atoms with Crippen molar-refractivity contribution in [1.29, 1.82) is 0 Å². The van der Waals surface area contributed by atoms with Crippen LogP contribution in [0.2, 0.25) is 0 Å². The van der Waals surface area contributed by atoms with Crippen LogP contribution in [0.4, 0.5) is 5.69 Å². The first-order valence-corrected chi connectivity index (χ1v) is 7.66. The van der Waals surface area contributed by atoms with Gasteiger partial charge < -0.3 is 16.0 Å². The minimum atomic E-state index is -0.638. The second kappa shape index (κ2) is 7.32. The molecule has 1 fully saturated rings. The summed E-state index contributed by atoms with van der Waals surface area (Å²) in [6, 6.07) is 8.42. The minimum Gasteiger partial charge on any atom is -0.343 e. The van der Waals surface area contributed by atoms with Crippen LogP contribution in [0.1, 0.15) is 34.1 Å². The zero-order chi connectivity index (χ0) is 16.5. The van der Waals surface area contributed by atoms with E-state index in [1.54, 1.807) is 4.90 Å². The summed E-state index contributed by atoms with van der Waals surface area (Å²) in [5.41, 5.74) is 6.48. The fraction of sp³-hybridized carbons (Fsp3) is 0.529. The lowest BCUT2D eigenvalue weighted by atomic mass is 9.87. The van der Waals surface area contributed by atoms with E-state index in [0.717, 1.165) is 5.69 Å². The van der Waals surface area contributed by atoms with Gasteiger partial charge in [-0.2, -0.15) is 0 Å². The molecule has 3 N–H and O–H groups in total. The van der Waals surface area contributed by atoms with Gasteiger partial charge in [-0.3, -0.25) is 9.59 Å². The SMILES string of the molecule is CC1CC(NC(=O)[C@@H](N)C(C)(C)C)C(=O)N1c1ccccc1.Cl. The van der Waals surface area contributed by atoms with E-state index in [9.17, 15) is 9.59 Å². The normalized spacial score (nSPS) is 22.5. The number of para-hydroxylation sites is 1. The number of benzene rings is 1. The Morgan fingerprint density at radius 2 is 1.87 bits per heavy atom. The van der Waals surface area contributed by atoms with Crippen molar-refractivity contribution in [2.45, 2.75) is 52.2 Å². The molecule has 3 atom stereocenters. The third kappa shape index (κ3) is 4.24. The van der Waals surface area contributed by atoms with Gasteiger partial charge in [-0.25, -0.2) is 0 Å². The monoisotopic (exact) mass is 339 g/mol. The van der Waals surface area contributed by atoms with Crippen molar-refractivity contribution < 1.29 is 9.59 Å². The Kier molecular flexibility index (Phi) is 6.19. The number of carbonyl (C=O) groups excluding carboxylic acids is 2. The van der Waals surface area contributed by atoms with Crippen molar-refractivity contribution in [3.05, 3.63) is 30.3 Å². The molecule has 2 unspecified atom stereocenters. The number of nitrogens with zero attached hydrogens (tertiary/aromatic N) is 1. The summed E-state index contributed by atoms with van der Waals surface area (Å²) in [7, 11) is 0. The van der Waals surface area contributed by atoms with Crippen molar-refractivity contribution in [3.8, 4) is 0 Å². The van der Waals surface area contributed by atoms with Gasteiger partial charge in [-0.15, -0.1) is 12.4 Å². The maximum Gasteiger partial charge on any atom is 0.249 e. The molecule has 1 aromatic rings. The quantitative estimate of drug-likeness (QED) is 0.885. The second-order valence-electron chi connectivity index (χ2n) is 7.03. The lowest BCUT2D eigenvalue weighted by Crippen LogP contribution is -2.53. The van der Waals surface area contributed by atoms with Gasteiger partial charge >= 0.3 is 0 Å². The van der Waals surface area contributed by atoms with Gasteiger partial charge in [0.25, 0.3) is 0 Å². The van der Waals surface area contributed by atoms with Crippen molar-refractivity contribution in [2.75, 3.05) is 4.90 Å². The highest BCUT2D eigenvalue weighted by atomic mass is 35.5. The van der Waals surface area contributed by atoms with E-state index >= 15 is 0 Å². The summed E-state index contributed by atoms with van der Waals surface area (Å²) in [5, 5.41) is 2.81. The molecule has 23 heavy (non-hydrogen) atoms. The van der Waals surface area contributed by atoms with E-state index < -0.39 is 12.1 Å². The van der Waals surface area contributed by atoms with E-state index in [4.69, 9.17) is 5.73 Å². The van der Waals surface area contributed by atoms with Crippen molar-refractivity contribution >= 4 is 29.9 Å². The zero-order valence-electron chi connectivity index (χ0n) is 14.1. The van der Waals surface area contributed by atoms with E-state index in [0.29, 0.717) is 6.42 Å². The number of nitrogens with one attached hydrogen (secondary N) is 1. The molecular formula is C17H26ClN3O2. The number of amides is 2. The van der Waals surface area contributed by atoms with Crippen LogP contribution in [0, 0.1) is 5.41 Å². The van der Waals surface area contributed by atoms with Crippen LogP contribution in [0.25, 0.3) is 0 Å². The van der Waals surface area contributed by atoms with Gasteiger partial charge in [-0.05, 0) is 30.9 Å². The van der Waals surface area contributed by atoms with Crippen molar-refractivity contribution in [3.63, 3.8) is 0 Å². The molecule has 0 aliphatic carbocycles. The number of hydrogen-bond donors (Lipinski definition) is 2. The number of halogens is 1. The van der Waals surface area contributed by atoms with E-state index in [2.05, 4.69) is 5.32 Å². The number of carbonyl (C=O) groups is 2. The number of nitrogens with two attached hydrogens (primary N) is 1. The number of hydrogen-bond acceptors (Lipinski definition) is 3. The Bertz CT molecular complexity index is 557. The Balaban J connectivity index is 0.00000264. The lowest BCUT2D eigenvalue weighted by molar-refractivity contribution is -0.128. The molecule has 0 saturated carbocycles. The summed E-state index contributed by atoms with van der Waals surface area (Å²) in [5.74, 6) is -0.346. The van der Waals surface area contributed by atoms with Gasteiger partial charge in [-0.1, -0.05) is 39.0 Å². The van der Waals surface area contributed by atoms with E-state index in [1.165, 1.54) is 0 Å². The van der Waals surface area contributed by atoms with E-state index in [1.807, 2.05) is 58.0 Å². The minimum absolute atomic E-state index is 0. The molecule has 5 nitrogen and oxygen atoms in total. The van der Waals surface area contributed by atoms with Gasteiger partial charge in [0.15, 0.2) is 0 Å². The zero-order valence-corrected chi connectivity index (χ0v) is 14.9. The van der Waals surface area contributed by atoms with Gasteiger partial charge in [0, 0.05) is 11.7 Å². The van der Waals surface area contributed by atoms with Crippen LogP contribution in [0.15, 0.2) is 30.3 Å². The molecule has 1 aliphatic rings. The highest BCUT2D eigenvalue weighted by Gasteiger charge is 2.40. The first kappa shape index (κ1) is 19.5. The Hall–Kier alpha value is -1.59. The molecule has 1 heterocycles. The lowest BCUT2D eigenvalue weighted by Gasteiger charge is -2.27. The fourth-order valence-electron chi connectivity index (χ4n) is 2.68. The molecule has 1 aromatic carbocycles. The van der Waals surface area contributed by atoms with Crippen LogP contribution < -0.4 is 16.0 Å². The molecule has 0 spiro atoms. The number of rotatable bonds is 3. The molecule has 0 radical (unpaired) electrons. The molecule has 128 valence electrons.